The van der Waals surface area contributed by atoms with Gasteiger partial charge in [0.15, 0.2) is 18.1 Å². The Balaban J connectivity index is 1.66. The van der Waals surface area contributed by atoms with Gasteiger partial charge in [-0.3, -0.25) is 9.59 Å². The molecule has 0 atom stereocenters. The molecule has 0 radical (unpaired) electrons. The molecule has 2 amide bonds. The molecule has 178 valence electrons. The molecule has 0 unspecified atom stereocenters. The van der Waals surface area contributed by atoms with Gasteiger partial charge in [-0.25, -0.2) is 0 Å². The second-order valence-electron chi connectivity index (χ2n) is 8.09. The summed E-state index contributed by atoms with van der Waals surface area (Å²) in [6.07, 6.45) is 3.21. The highest BCUT2D eigenvalue weighted by Gasteiger charge is 2.18. The van der Waals surface area contributed by atoms with Crippen LogP contribution >= 0.6 is 11.6 Å². The lowest BCUT2D eigenvalue weighted by molar-refractivity contribution is -0.134. The zero-order chi connectivity index (χ0) is 23.8. The molecule has 2 aromatic rings. The number of rotatable bonds is 9. The summed E-state index contributed by atoms with van der Waals surface area (Å²) in [6, 6.07) is 9.99. The molecular formula is C25H31ClN2O5. The molecule has 2 aromatic carbocycles. The molecule has 1 N–H and O–H groups in total. The van der Waals surface area contributed by atoms with E-state index in [1.54, 1.807) is 36.4 Å². The van der Waals surface area contributed by atoms with Crippen molar-refractivity contribution in [3.05, 3.63) is 47.0 Å². The average Bonchev–Trinajstić information content (AvgIpc) is 2.80. The third-order valence-electron chi connectivity index (χ3n) is 5.12. The highest BCUT2D eigenvalue weighted by Crippen LogP contribution is 2.31. The number of benzene rings is 2. The first kappa shape index (κ1) is 24.7. The Labute approximate surface area is 200 Å². The number of nitrogens with zero attached hydrogens (tertiary/aromatic N) is 1. The van der Waals surface area contributed by atoms with Gasteiger partial charge in [-0.05, 0) is 76.4 Å². The zero-order valence-electron chi connectivity index (χ0n) is 19.4. The lowest BCUT2D eigenvalue weighted by Crippen LogP contribution is -2.38. The number of amides is 2. The van der Waals surface area contributed by atoms with E-state index in [0.29, 0.717) is 40.1 Å². The number of anilines is 1. The SMILES string of the molecule is CCOc1cc(C(=O)Nc2ccc(OC(C)C)c(Cl)c2)ccc1OCC(=O)N1CCCCC1. The summed E-state index contributed by atoms with van der Waals surface area (Å²) in [5.74, 6) is 1.04. The van der Waals surface area contributed by atoms with Gasteiger partial charge in [-0.15, -0.1) is 0 Å². The smallest absolute Gasteiger partial charge is 0.260 e. The van der Waals surface area contributed by atoms with Crippen LogP contribution in [0.15, 0.2) is 36.4 Å². The van der Waals surface area contributed by atoms with Crippen molar-refractivity contribution < 1.29 is 23.8 Å². The lowest BCUT2D eigenvalue weighted by Gasteiger charge is -2.26. The number of hydrogen-bond acceptors (Lipinski definition) is 5. The number of ether oxygens (including phenoxy) is 3. The van der Waals surface area contributed by atoms with E-state index in [2.05, 4.69) is 5.32 Å². The van der Waals surface area contributed by atoms with Crippen LogP contribution in [-0.2, 0) is 4.79 Å². The minimum absolute atomic E-state index is 0.00388. The fraction of sp³-hybridized carbons (Fsp3) is 0.440. The second kappa shape index (κ2) is 11.8. The lowest BCUT2D eigenvalue weighted by atomic mass is 10.1. The first-order valence-electron chi connectivity index (χ1n) is 11.3. The largest absolute Gasteiger partial charge is 0.490 e. The van der Waals surface area contributed by atoms with Crippen LogP contribution in [-0.4, -0.2) is 49.1 Å². The van der Waals surface area contributed by atoms with Crippen molar-refractivity contribution in [1.82, 2.24) is 4.90 Å². The Morgan fingerprint density at radius 3 is 2.39 bits per heavy atom. The first-order chi connectivity index (χ1) is 15.9. The van der Waals surface area contributed by atoms with Gasteiger partial charge in [-0.1, -0.05) is 11.6 Å². The topological polar surface area (TPSA) is 77.1 Å². The quantitative estimate of drug-likeness (QED) is 0.542. The third kappa shape index (κ3) is 7.02. The molecule has 0 saturated carbocycles. The molecule has 0 aliphatic carbocycles. The van der Waals surface area contributed by atoms with Crippen molar-refractivity contribution in [2.75, 3.05) is 31.6 Å². The Morgan fingerprint density at radius 1 is 1.00 bits per heavy atom. The molecule has 0 bridgehead atoms. The third-order valence-corrected chi connectivity index (χ3v) is 5.41. The Morgan fingerprint density at radius 2 is 1.73 bits per heavy atom. The second-order valence-corrected chi connectivity index (χ2v) is 8.50. The zero-order valence-corrected chi connectivity index (χ0v) is 20.1. The highest BCUT2D eigenvalue weighted by atomic mass is 35.5. The molecular weight excluding hydrogens is 444 g/mol. The average molecular weight is 475 g/mol. The van der Waals surface area contributed by atoms with Crippen LogP contribution in [0.4, 0.5) is 5.69 Å². The van der Waals surface area contributed by atoms with Crippen molar-refractivity contribution in [2.45, 2.75) is 46.1 Å². The van der Waals surface area contributed by atoms with Gasteiger partial charge in [0.25, 0.3) is 11.8 Å². The Bertz CT molecular complexity index is 973. The molecule has 1 saturated heterocycles. The van der Waals surface area contributed by atoms with Gasteiger partial charge < -0.3 is 24.4 Å². The van der Waals surface area contributed by atoms with Crippen molar-refractivity contribution >= 4 is 29.1 Å². The number of nitrogens with one attached hydrogen (secondary N) is 1. The van der Waals surface area contributed by atoms with Crippen LogP contribution in [0.5, 0.6) is 17.2 Å². The number of piperidine rings is 1. The number of carbonyl (C=O) groups excluding carboxylic acids is 2. The van der Waals surface area contributed by atoms with E-state index in [4.69, 9.17) is 25.8 Å². The van der Waals surface area contributed by atoms with Crippen LogP contribution in [0.3, 0.4) is 0 Å². The summed E-state index contributed by atoms with van der Waals surface area (Å²) in [6.45, 7) is 7.56. The molecule has 1 aliphatic heterocycles. The fourth-order valence-corrected chi connectivity index (χ4v) is 3.77. The van der Waals surface area contributed by atoms with Crippen molar-refractivity contribution in [1.29, 1.82) is 0 Å². The minimum Gasteiger partial charge on any atom is -0.490 e. The predicted octanol–water partition coefficient (Wildman–Crippen LogP) is 5.17. The molecule has 3 rings (SSSR count). The van der Waals surface area contributed by atoms with Crippen molar-refractivity contribution in [3.8, 4) is 17.2 Å². The maximum atomic E-state index is 12.8. The number of halogens is 1. The maximum Gasteiger partial charge on any atom is 0.260 e. The maximum absolute atomic E-state index is 12.8. The Kier molecular flexibility index (Phi) is 8.83. The number of carbonyl (C=O) groups is 2. The molecule has 1 aliphatic rings. The molecule has 7 nitrogen and oxygen atoms in total. The van der Waals surface area contributed by atoms with Crippen molar-refractivity contribution in [2.24, 2.45) is 0 Å². The van der Waals surface area contributed by atoms with E-state index in [1.165, 1.54) is 0 Å². The van der Waals surface area contributed by atoms with Crippen LogP contribution in [0.2, 0.25) is 5.02 Å². The summed E-state index contributed by atoms with van der Waals surface area (Å²) in [4.78, 5) is 27.0. The van der Waals surface area contributed by atoms with Gasteiger partial charge in [0.05, 0.1) is 17.7 Å². The van der Waals surface area contributed by atoms with Crippen LogP contribution in [0, 0.1) is 0 Å². The van der Waals surface area contributed by atoms with Gasteiger partial charge >= 0.3 is 0 Å². The van der Waals surface area contributed by atoms with E-state index in [9.17, 15) is 9.59 Å². The summed E-state index contributed by atoms with van der Waals surface area (Å²) < 4.78 is 17.0. The summed E-state index contributed by atoms with van der Waals surface area (Å²) >= 11 is 6.26. The van der Waals surface area contributed by atoms with Crippen LogP contribution in [0.1, 0.15) is 50.4 Å². The highest BCUT2D eigenvalue weighted by molar-refractivity contribution is 6.32. The van der Waals surface area contributed by atoms with Crippen molar-refractivity contribution in [3.63, 3.8) is 0 Å². The van der Waals surface area contributed by atoms with E-state index < -0.39 is 0 Å². The van der Waals surface area contributed by atoms with Crippen LogP contribution in [0.25, 0.3) is 0 Å². The monoisotopic (exact) mass is 474 g/mol. The number of hydrogen-bond donors (Lipinski definition) is 1. The normalized spacial score (nSPS) is 13.5. The summed E-state index contributed by atoms with van der Waals surface area (Å²) in [7, 11) is 0. The van der Waals surface area contributed by atoms with E-state index in [0.717, 1.165) is 32.4 Å². The number of likely N-dealkylation sites (tertiary alicyclic amines) is 1. The predicted molar refractivity (Wildman–Crippen MR) is 129 cm³/mol. The standard InChI is InChI=1S/C25H31ClN2O5/c1-4-31-23-14-18(8-10-22(23)32-16-24(29)28-12-6-5-7-13-28)25(30)27-19-9-11-21(20(26)15-19)33-17(2)3/h8-11,14-15,17H,4-7,12-13,16H2,1-3H3,(H,27,30). The molecule has 33 heavy (non-hydrogen) atoms. The van der Waals surface area contributed by atoms with Gasteiger partial charge in [0.1, 0.15) is 5.75 Å². The fourth-order valence-electron chi connectivity index (χ4n) is 3.54. The first-order valence-corrected chi connectivity index (χ1v) is 11.7. The summed E-state index contributed by atoms with van der Waals surface area (Å²) in [5.41, 5.74) is 0.943. The molecule has 0 spiro atoms. The molecule has 8 heteroatoms. The Hall–Kier alpha value is -2.93. The van der Waals surface area contributed by atoms with Gasteiger partial charge in [-0.2, -0.15) is 0 Å². The van der Waals surface area contributed by atoms with Gasteiger partial charge in [0, 0.05) is 24.3 Å². The minimum atomic E-state index is -0.319. The van der Waals surface area contributed by atoms with E-state index in [1.807, 2.05) is 25.7 Å². The van der Waals surface area contributed by atoms with E-state index >= 15 is 0 Å². The van der Waals surface area contributed by atoms with E-state index in [-0.39, 0.29) is 24.5 Å². The molecule has 1 heterocycles. The molecule has 0 aromatic heterocycles. The van der Waals surface area contributed by atoms with Crippen LogP contribution < -0.4 is 19.5 Å². The summed E-state index contributed by atoms with van der Waals surface area (Å²) in [5, 5.41) is 3.24. The molecule has 1 fully saturated rings. The van der Waals surface area contributed by atoms with Gasteiger partial charge in [0.2, 0.25) is 0 Å².